The Balaban J connectivity index is 2.55. The Morgan fingerprint density at radius 1 is 1.38 bits per heavy atom. The summed E-state index contributed by atoms with van der Waals surface area (Å²) in [4.78, 5) is 22.8. The molecule has 1 aromatic carbocycles. The van der Waals surface area contributed by atoms with E-state index in [9.17, 15) is 14.7 Å². The second kappa shape index (κ2) is 7.88. The van der Waals surface area contributed by atoms with Crippen LogP contribution in [0, 0.1) is 0 Å². The maximum atomic E-state index is 11.5. The van der Waals surface area contributed by atoms with E-state index in [4.69, 9.17) is 4.74 Å². The molecule has 0 unspecified atom stereocenters. The number of nitrogens with zero attached hydrogens (tertiary/aromatic N) is 1. The monoisotopic (exact) mass is 293 g/mol. The lowest BCUT2D eigenvalue weighted by atomic mass is 10.2. The van der Waals surface area contributed by atoms with Crippen LogP contribution in [0.3, 0.4) is 0 Å². The Morgan fingerprint density at radius 2 is 2.10 bits per heavy atom. The van der Waals surface area contributed by atoms with Crippen LogP contribution < -0.4 is 15.5 Å². The van der Waals surface area contributed by atoms with Gasteiger partial charge >= 0.3 is 0 Å². The average molecular weight is 293 g/mol. The van der Waals surface area contributed by atoms with E-state index in [2.05, 4.69) is 15.8 Å². The zero-order valence-corrected chi connectivity index (χ0v) is 12.2. The van der Waals surface area contributed by atoms with E-state index in [1.165, 1.54) is 13.3 Å². The van der Waals surface area contributed by atoms with Crippen LogP contribution in [0.2, 0.25) is 0 Å². The summed E-state index contributed by atoms with van der Waals surface area (Å²) in [6.07, 6.45) is 0.968. The van der Waals surface area contributed by atoms with E-state index < -0.39 is 5.91 Å². The predicted molar refractivity (Wildman–Crippen MR) is 78.3 cm³/mol. The van der Waals surface area contributed by atoms with Gasteiger partial charge in [-0.25, -0.2) is 5.43 Å². The Labute approximate surface area is 123 Å². The lowest BCUT2D eigenvalue weighted by Crippen LogP contribution is -2.34. The summed E-state index contributed by atoms with van der Waals surface area (Å²) in [7, 11) is 1.44. The highest BCUT2D eigenvalue weighted by Crippen LogP contribution is 2.27. The first-order chi connectivity index (χ1) is 9.93. The van der Waals surface area contributed by atoms with Crippen LogP contribution in [0.25, 0.3) is 0 Å². The molecular formula is C14H19N3O4. The third kappa shape index (κ3) is 5.52. The van der Waals surface area contributed by atoms with Gasteiger partial charge in [-0.15, -0.1) is 0 Å². The number of benzene rings is 1. The van der Waals surface area contributed by atoms with Crippen molar-refractivity contribution < 1.29 is 19.4 Å². The van der Waals surface area contributed by atoms with Gasteiger partial charge in [0.25, 0.3) is 0 Å². The van der Waals surface area contributed by atoms with E-state index in [0.717, 1.165) is 0 Å². The van der Waals surface area contributed by atoms with Crippen molar-refractivity contribution in [2.75, 3.05) is 7.11 Å². The number of phenolic OH excluding ortho intramolecular Hbond substituents is 1. The van der Waals surface area contributed by atoms with E-state index in [1.54, 1.807) is 32.0 Å². The van der Waals surface area contributed by atoms with Crippen molar-refractivity contribution in [3.63, 3.8) is 0 Å². The maximum Gasteiger partial charge on any atom is 0.249 e. The van der Waals surface area contributed by atoms with Gasteiger partial charge < -0.3 is 15.2 Å². The van der Waals surface area contributed by atoms with E-state index >= 15 is 0 Å². The highest BCUT2D eigenvalue weighted by atomic mass is 16.5. The van der Waals surface area contributed by atoms with Gasteiger partial charge in [-0.1, -0.05) is 6.07 Å². The molecule has 7 nitrogen and oxygen atoms in total. The highest BCUT2D eigenvalue weighted by molar-refractivity contribution is 5.97. The van der Waals surface area contributed by atoms with Crippen LogP contribution in [0.1, 0.15) is 25.8 Å². The van der Waals surface area contributed by atoms with Crippen molar-refractivity contribution in [2.45, 2.75) is 26.3 Å². The minimum absolute atomic E-state index is 0.0254. The predicted octanol–water partition coefficient (Wildman–Crippen LogP) is 0.766. The summed E-state index contributed by atoms with van der Waals surface area (Å²) in [6.45, 7) is 3.61. The molecule has 0 heterocycles. The van der Waals surface area contributed by atoms with Crippen molar-refractivity contribution in [1.29, 1.82) is 0 Å². The maximum absolute atomic E-state index is 11.5. The quantitative estimate of drug-likeness (QED) is 0.409. The first-order valence-corrected chi connectivity index (χ1v) is 6.41. The minimum Gasteiger partial charge on any atom is -0.504 e. The smallest absolute Gasteiger partial charge is 0.249 e. The number of hydrogen-bond donors (Lipinski definition) is 3. The first-order valence-electron chi connectivity index (χ1n) is 6.41. The Morgan fingerprint density at radius 3 is 2.71 bits per heavy atom. The Kier molecular flexibility index (Phi) is 6.19. The van der Waals surface area contributed by atoms with Gasteiger partial charge in [0.2, 0.25) is 11.8 Å². The molecule has 7 heteroatoms. The number of rotatable bonds is 6. The zero-order valence-electron chi connectivity index (χ0n) is 12.2. The van der Waals surface area contributed by atoms with Gasteiger partial charge in [0.15, 0.2) is 11.5 Å². The molecule has 0 aromatic heterocycles. The average Bonchev–Trinajstić information content (AvgIpc) is 2.39. The second-order valence-electron chi connectivity index (χ2n) is 4.59. The highest BCUT2D eigenvalue weighted by Gasteiger charge is 2.09. The van der Waals surface area contributed by atoms with Gasteiger partial charge in [-0.3, -0.25) is 9.59 Å². The molecule has 0 bridgehead atoms. The number of aromatic hydroxyl groups is 1. The van der Waals surface area contributed by atoms with Crippen molar-refractivity contribution in [3.05, 3.63) is 23.8 Å². The number of hydrazone groups is 1. The molecule has 0 aliphatic rings. The third-order valence-corrected chi connectivity index (χ3v) is 2.41. The van der Waals surface area contributed by atoms with Gasteiger partial charge in [0, 0.05) is 11.6 Å². The number of nitrogens with one attached hydrogen (secondary N) is 2. The van der Waals surface area contributed by atoms with Crippen molar-refractivity contribution >= 4 is 18.0 Å². The normalized spacial score (nSPS) is 10.7. The largest absolute Gasteiger partial charge is 0.504 e. The number of methoxy groups -OCH3 is 1. The fourth-order valence-corrected chi connectivity index (χ4v) is 1.54. The Hall–Kier alpha value is -2.57. The number of hydrogen-bond acceptors (Lipinski definition) is 5. The molecule has 3 N–H and O–H groups in total. The number of ether oxygens (including phenoxy) is 1. The van der Waals surface area contributed by atoms with Gasteiger partial charge in [-0.05, 0) is 26.0 Å². The molecule has 0 radical (unpaired) electrons. The van der Waals surface area contributed by atoms with Crippen molar-refractivity contribution in [3.8, 4) is 11.5 Å². The van der Waals surface area contributed by atoms with E-state index in [1.807, 2.05) is 0 Å². The number of carbonyl (C=O) groups excluding carboxylic acids is 2. The van der Waals surface area contributed by atoms with Crippen LogP contribution in [-0.2, 0) is 9.59 Å². The minimum atomic E-state index is -0.535. The molecule has 0 aliphatic carbocycles. The van der Waals surface area contributed by atoms with Crippen LogP contribution in [0.4, 0.5) is 0 Å². The molecule has 0 saturated heterocycles. The van der Waals surface area contributed by atoms with Crippen molar-refractivity contribution in [1.82, 2.24) is 10.7 Å². The second-order valence-corrected chi connectivity index (χ2v) is 4.59. The standard InChI is InChI=1S/C14H19N3O4/c1-9(2)16-12(18)7-13(19)17-15-8-10-5-4-6-11(21-3)14(10)20/h4-6,8-9,20H,7H2,1-3H3,(H,16,18)(H,17,19)/b15-8+. The molecule has 1 aromatic rings. The summed E-state index contributed by atoms with van der Waals surface area (Å²) < 4.78 is 4.95. The SMILES string of the molecule is COc1cccc(/C=N/NC(=O)CC(=O)NC(C)C)c1O. The third-order valence-electron chi connectivity index (χ3n) is 2.41. The van der Waals surface area contributed by atoms with Crippen LogP contribution in [0.5, 0.6) is 11.5 Å². The van der Waals surface area contributed by atoms with E-state index in [-0.39, 0.29) is 24.1 Å². The molecule has 1 rings (SSSR count). The summed E-state index contributed by atoms with van der Waals surface area (Å²) >= 11 is 0. The lowest BCUT2D eigenvalue weighted by Gasteiger charge is -2.07. The van der Waals surface area contributed by atoms with Gasteiger partial charge in [0.1, 0.15) is 6.42 Å². The fourth-order valence-electron chi connectivity index (χ4n) is 1.54. The van der Waals surface area contributed by atoms with Gasteiger partial charge in [0.05, 0.1) is 13.3 Å². The topological polar surface area (TPSA) is 100 Å². The Bertz CT molecular complexity index is 541. The molecule has 2 amide bonds. The molecular weight excluding hydrogens is 274 g/mol. The molecule has 0 saturated carbocycles. The molecule has 21 heavy (non-hydrogen) atoms. The van der Waals surface area contributed by atoms with Gasteiger partial charge in [-0.2, -0.15) is 5.10 Å². The lowest BCUT2D eigenvalue weighted by molar-refractivity contribution is -0.129. The van der Waals surface area contributed by atoms with Crippen LogP contribution in [0.15, 0.2) is 23.3 Å². The number of carbonyl (C=O) groups is 2. The number of para-hydroxylation sites is 1. The van der Waals surface area contributed by atoms with Crippen molar-refractivity contribution in [2.24, 2.45) is 5.10 Å². The summed E-state index contributed by atoms with van der Waals surface area (Å²) in [5.41, 5.74) is 2.61. The molecule has 0 aliphatic heterocycles. The molecule has 114 valence electrons. The molecule has 0 fully saturated rings. The number of phenols is 1. The molecule has 0 atom stereocenters. The summed E-state index contributed by atoms with van der Waals surface area (Å²) in [6, 6.07) is 4.86. The van der Waals surface area contributed by atoms with E-state index in [0.29, 0.717) is 11.3 Å². The summed E-state index contributed by atoms with van der Waals surface area (Å²) in [5, 5.41) is 16.1. The van der Waals surface area contributed by atoms with Crippen LogP contribution in [-0.4, -0.2) is 36.3 Å². The number of amides is 2. The molecule has 0 spiro atoms. The first kappa shape index (κ1) is 16.5. The zero-order chi connectivity index (χ0) is 15.8. The fraction of sp³-hybridized carbons (Fsp3) is 0.357. The van der Waals surface area contributed by atoms with Crippen LogP contribution >= 0.6 is 0 Å². The summed E-state index contributed by atoms with van der Waals surface area (Å²) in [5.74, 6) is -0.675.